The first-order valence-electron chi connectivity index (χ1n) is 8.62. The van der Waals surface area contributed by atoms with Crippen molar-refractivity contribution in [1.82, 2.24) is 0 Å². The third-order valence-electron chi connectivity index (χ3n) is 5.33. The number of hydrogen-bond donors (Lipinski definition) is 0. The van der Waals surface area contributed by atoms with E-state index in [0.29, 0.717) is 5.92 Å². The van der Waals surface area contributed by atoms with Crippen LogP contribution in [0.15, 0.2) is 48.5 Å². The van der Waals surface area contributed by atoms with Gasteiger partial charge in [0.2, 0.25) is 0 Å². The van der Waals surface area contributed by atoms with Gasteiger partial charge in [0.25, 0.3) is 0 Å². The maximum atomic E-state index is 6.29. The number of hydrogen-bond acceptors (Lipinski definition) is 2. The molecule has 2 nitrogen and oxygen atoms in total. The molecule has 0 aromatic heterocycles. The van der Waals surface area contributed by atoms with Gasteiger partial charge in [-0.3, -0.25) is 0 Å². The Morgan fingerprint density at radius 2 is 1.83 bits per heavy atom. The zero-order valence-electron chi connectivity index (χ0n) is 13.9. The third-order valence-corrected chi connectivity index (χ3v) is 5.33. The van der Waals surface area contributed by atoms with E-state index in [1.54, 1.807) is 0 Å². The molecule has 2 aliphatic heterocycles. The molecular weight excluding hydrogens is 284 g/mol. The maximum absolute atomic E-state index is 6.29. The summed E-state index contributed by atoms with van der Waals surface area (Å²) in [5, 5.41) is 0. The second-order valence-electron chi connectivity index (χ2n) is 7.08. The highest BCUT2D eigenvalue weighted by Crippen LogP contribution is 2.48. The molecule has 0 bridgehead atoms. The van der Waals surface area contributed by atoms with Gasteiger partial charge in [0.05, 0.1) is 24.9 Å². The van der Waals surface area contributed by atoms with Crippen LogP contribution < -0.4 is 0 Å². The van der Waals surface area contributed by atoms with Crippen LogP contribution in [0.1, 0.15) is 61.0 Å². The SMILES string of the molecule is CC(C)c1ccc([C@@H]2C[C@]3(CCO2)OCc2ccccc23)cc1. The molecule has 0 amide bonds. The van der Waals surface area contributed by atoms with Crippen LogP contribution in [-0.2, 0) is 21.7 Å². The summed E-state index contributed by atoms with van der Waals surface area (Å²) in [5.74, 6) is 0.563. The molecule has 0 aliphatic carbocycles. The van der Waals surface area contributed by atoms with Gasteiger partial charge in [0.15, 0.2) is 0 Å². The lowest BCUT2D eigenvalue weighted by atomic mass is 9.81. The van der Waals surface area contributed by atoms with Crippen molar-refractivity contribution in [3.8, 4) is 0 Å². The molecule has 2 aromatic rings. The van der Waals surface area contributed by atoms with Crippen LogP contribution in [0, 0.1) is 0 Å². The quantitative estimate of drug-likeness (QED) is 0.769. The van der Waals surface area contributed by atoms with E-state index in [9.17, 15) is 0 Å². The van der Waals surface area contributed by atoms with E-state index < -0.39 is 0 Å². The van der Waals surface area contributed by atoms with Crippen LogP contribution in [0.2, 0.25) is 0 Å². The van der Waals surface area contributed by atoms with Crippen LogP contribution in [-0.4, -0.2) is 6.61 Å². The highest BCUT2D eigenvalue weighted by atomic mass is 16.5. The summed E-state index contributed by atoms with van der Waals surface area (Å²) in [6, 6.07) is 17.5. The van der Waals surface area contributed by atoms with E-state index in [2.05, 4.69) is 62.4 Å². The lowest BCUT2D eigenvalue weighted by molar-refractivity contribution is -0.138. The van der Waals surface area contributed by atoms with E-state index >= 15 is 0 Å². The van der Waals surface area contributed by atoms with Crippen LogP contribution in [0.5, 0.6) is 0 Å². The van der Waals surface area contributed by atoms with Crippen molar-refractivity contribution in [2.45, 2.75) is 50.9 Å². The number of fused-ring (bicyclic) bond motifs is 2. The van der Waals surface area contributed by atoms with Gasteiger partial charge < -0.3 is 9.47 Å². The van der Waals surface area contributed by atoms with Gasteiger partial charge in [0.1, 0.15) is 0 Å². The molecular formula is C21H24O2. The first-order valence-corrected chi connectivity index (χ1v) is 8.62. The minimum absolute atomic E-state index is 0.121. The topological polar surface area (TPSA) is 18.5 Å². The van der Waals surface area contributed by atoms with E-state index in [0.717, 1.165) is 26.1 Å². The molecule has 4 rings (SSSR count). The molecule has 0 radical (unpaired) electrons. The largest absolute Gasteiger partial charge is 0.373 e. The summed E-state index contributed by atoms with van der Waals surface area (Å²) in [5.41, 5.74) is 5.19. The smallest absolute Gasteiger partial charge is 0.0989 e. The highest BCUT2D eigenvalue weighted by molar-refractivity contribution is 5.37. The van der Waals surface area contributed by atoms with E-state index in [-0.39, 0.29) is 11.7 Å². The lowest BCUT2D eigenvalue weighted by Gasteiger charge is -2.38. The molecule has 2 aliphatic rings. The summed E-state index contributed by atoms with van der Waals surface area (Å²) in [6.45, 7) is 5.94. The Hall–Kier alpha value is -1.64. The van der Waals surface area contributed by atoms with Crippen LogP contribution in [0.25, 0.3) is 0 Å². The molecule has 0 N–H and O–H groups in total. The van der Waals surface area contributed by atoms with E-state index in [4.69, 9.17) is 9.47 Å². The van der Waals surface area contributed by atoms with E-state index in [1.807, 2.05) is 0 Å². The third kappa shape index (κ3) is 2.60. The van der Waals surface area contributed by atoms with Crippen molar-refractivity contribution in [1.29, 1.82) is 0 Å². The lowest BCUT2D eigenvalue weighted by Crippen LogP contribution is -2.35. The fourth-order valence-corrected chi connectivity index (χ4v) is 3.90. The Labute approximate surface area is 138 Å². The zero-order chi connectivity index (χ0) is 15.9. The zero-order valence-corrected chi connectivity index (χ0v) is 13.9. The molecule has 120 valence electrons. The molecule has 0 saturated carbocycles. The Balaban J connectivity index is 1.61. The first kappa shape index (κ1) is 14.9. The molecule has 1 fully saturated rings. The first-order chi connectivity index (χ1) is 11.2. The predicted molar refractivity (Wildman–Crippen MR) is 91.4 cm³/mol. The average Bonchev–Trinajstić information content (AvgIpc) is 2.94. The molecule has 2 heteroatoms. The second kappa shape index (κ2) is 5.77. The summed E-state index contributed by atoms with van der Waals surface area (Å²) >= 11 is 0. The minimum Gasteiger partial charge on any atom is -0.373 e. The Morgan fingerprint density at radius 1 is 1.04 bits per heavy atom. The molecule has 2 aromatic carbocycles. The standard InChI is InChI=1S/C21H24O2/c1-15(2)16-7-9-17(10-8-16)20-13-21(11-12-22-20)19-6-4-3-5-18(19)14-23-21/h3-10,15,20H,11-14H2,1-2H3/t20-,21-/m0/s1. The number of ether oxygens (including phenoxy) is 2. The van der Waals surface area contributed by atoms with Crippen molar-refractivity contribution in [2.75, 3.05) is 6.61 Å². The molecule has 2 heterocycles. The monoisotopic (exact) mass is 308 g/mol. The van der Waals surface area contributed by atoms with Gasteiger partial charge in [-0.2, -0.15) is 0 Å². The van der Waals surface area contributed by atoms with Crippen molar-refractivity contribution < 1.29 is 9.47 Å². The molecule has 0 unspecified atom stereocenters. The van der Waals surface area contributed by atoms with Gasteiger partial charge >= 0.3 is 0 Å². The van der Waals surface area contributed by atoms with Gasteiger partial charge in [-0.15, -0.1) is 0 Å². The second-order valence-corrected chi connectivity index (χ2v) is 7.08. The molecule has 23 heavy (non-hydrogen) atoms. The number of benzene rings is 2. The van der Waals surface area contributed by atoms with Gasteiger partial charge in [-0.05, 0) is 28.2 Å². The minimum atomic E-state index is -0.157. The predicted octanol–water partition coefficient (Wildman–Crippen LogP) is 5.09. The number of rotatable bonds is 2. The van der Waals surface area contributed by atoms with Crippen molar-refractivity contribution >= 4 is 0 Å². The normalized spacial score (nSPS) is 26.7. The van der Waals surface area contributed by atoms with Gasteiger partial charge in [-0.25, -0.2) is 0 Å². The average molecular weight is 308 g/mol. The Morgan fingerprint density at radius 3 is 2.61 bits per heavy atom. The molecule has 1 saturated heterocycles. The Bertz CT molecular complexity index is 685. The molecule has 1 spiro atoms. The van der Waals surface area contributed by atoms with Crippen molar-refractivity contribution in [3.05, 3.63) is 70.8 Å². The summed E-state index contributed by atoms with van der Waals surface area (Å²) in [6.07, 6.45) is 1.98. The summed E-state index contributed by atoms with van der Waals surface area (Å²) in [7, 11) is 0. The van der Waals surface area contributed by atoms with Crippen LogP contribution in [0.4, 0.5) is 0 Å². The summed E-state index contributed by atoms with van der Waals surface area (Å²) in [4.78, 5) is 0. The summed E-state index contributed by atoms with van der Waals surface area (Å²) < 4.78 is 12.4. The van der Waals surface area contributed by atoms with Crippen LogP contribution in [0.3, 0.4) is 0 Å². The van der Waals surface area contributed by atoms with Gasteiger partial charge in [0, 0.05) is 12.8 Å². The van der Waals surface area contributed by atoms with Crippen molar-refractivity contribution in [2.24, 2.45) is 0 Å². The Kier molecular flexibility index (Phi) is 3.74. The fraction of sp³-hybridized carbons (Fsp3) is 0.429. The van der Waals surface area contributed by atoms with E-state index in [1.165, 1.54) is 22.3 Å². The fourth-order valence-electron chi connectivity index (χ4n) is 3.90. The van der Waals surface area contributed by atoms with Crippen LogP contribution >= 0.6 is 0 Å². The van der Waals surface area contributed by atoms with Gasteiger partial charge in [-0.1, -0.05) is 62.4 Å². The maximum Gasteiger partial charge on any atom is 0.0989 e. The highest BCUT2D eigenvalue weighted by Gasteiger charge is 2.44. The molecule has 2 atom stereocenters. The van der Waals surface area contributed by atoms with Crippen molar-refractivity contribution in [3.63, 3.8) is 0 Å².